The third kappa shape index (κ3) is 2.89. The summed E-state index contributed by atoms with van der Waals surface area (Å²) in [7, 11) is 0. The summed E-state index contributed by atoms with van der Waals surface area (Å²) in [6, 6.07) is 4.81. The van der Waals surface area contributed by atoms with Crippen molar-refractivity contribution in [2.75, 3.05) is 5.88 Å². The summed E-state index contributed by atoms with van der Waals surface area (Å²) in [5.74, 6) is 2.71. The van der Waals surface area contributed by atoms with Crippen LogP contribution in [-0.2, 0) is 6.42 Å². The first kappa shape index (κ1) is 13.2. The Morgan fingerprint density at radius 1 is 1.32 bits per heavy atom. The van der Waals surface area contributed by atoms with Crippen LogP contribution >= 0.6 is 11.6 Å². The maximum absolute atomic E-state index is 13.2. The molecule has 2 aliphatic rings. The second-order valence-electron chi connectivity index (χ2n) is 5.89. The number of rotatable bonds is 4. The van der Waals surface area contributed by atoms with Gasteiger partial charge in [-0.25, -0.2) is 4.39 Å². The van der Waals surface area contributed by atoms with E-state index in [1.54, 1.807) is 12.1 Å². The zero-order valence-electron chi connectivity index (χ0n) is 11.1. The molecule has 3 rings (SSSR count). The Morgan fingerprint density at radius 3 is 2.84 bits per heavy atom. The van der Waals surface area contributed by atoms with Gasteiger partial charge < -0.3 is 4.74 Å². The summed E-state index contributed by atoms with van der Waals surface area (Å²) in [4.78, 5) is 0. The molecule has 1 aliphatic carbocycles. The molecule has 0 saturated heterocycles. The van der Waals surface area contributed by atoms with E-state index in [0.717, 1.165) is 36.0 Å². The molecule has 1 fully saturated rings. The van der Waals surface area contributed by atoms with Crippen LogP contribution in [-0.4, -0.2) is 12.0 Å². The molecule has 1 aliphatic heterocycles. The predicted molar refractivity (Wildman–Crippen MR) is 75.3 cm³/mol. The Kier molecular flexibility index (Phi) is 3.97. The van der Waals surface area contributed by atoms with E-state index in [4.69, 9.17) is 16.3 Å². The monoisotopic (exact) mass is 282 g/mol. The predicted octanol–water partition coefficient (Wildman–Crippen LogP) is 4.56. The number of halogens is 2. The largest absolute Gasteiger partial charge is 0.490 e. The van der Waals surface area contributed by atoms with Gasteiger partial charge in [0, 0.05) is 17.9 Å². The molecule has 1 nitrogen and oxygen atoms in total. The van der Waals surface area contributed by atoms with E-state index in [1.165, 1.54) is 31.7 Å². The minimum atomic E-state index is -0.173. The number of alkyl halides is 1. The minimum absolute atomic E-state index is 0.173. The van der Waals surface area contributed by atoms with Gasteiger partial charge in [0.1, 0.15) is 17.7 Å². The highest BCUT2D eigenvalue weighted by molar-refractivity contribution is 6.18. The third-order valence-electron chi connectivity index (χ3n) is 4.59. The van der Waals surface area contributed by atoms with E-state index in [1.807, 2.05) is 0 Å². The van der Waals surface area contributed by atoms with Crippen LogP contribution in [0.4, 0.5) is 4.39 Å². The van der Waals surface area contributed by atoms with E-state index in [9.17, 15) is 4.39 Å². The van der Waals surface area contributed by atoms with Crippen molar-refractivity contribution in [3.63, 3.8) is 0 Å². The summed E-state index contributed by atoms with van der Waals surface area (Å²) in [6.45, 7) is 0. The topological polar surface area (TPSA) is 9.23 Å². The molecule has 0 bridgehead atoms. The van der Waals surface area contributed by atoms with Crippen LogP contribution in [0.3, 0.4) is 0 Å². The lowest BCUT2D eigenvalue weighted by Crippen LogP contribution is -2.23. The molecule has 3 heteroatoms. The van der Waals surface area contributed by atoms with Crippen molar-refractivity contribution in [3.05, 3.63) is 29.6 Å². The molecule has 19 heavy (non-hydrogen) atoms. The first-order chi connectivity index (χ1) is 9.26. The van der Waals surface area contributed by atoms with Gasteiger partial charge in [-0.3, -0.25) is 0 Å². The van der Waals surface area contributed by atoms with Gasteiger partial charge in [0.15, 0.2) is 0 Å². The molecule has 2 atom stereocenters. The van der Waals surface area contributed by atoms with Crippen molar-refractivity contribution in [1.82, 2.24) is 0 Å². The summed E-state index contributed by atoms with van der Waals surface area (Å²) in [5, 5.41) is 0. The third-order valence-corrected chi connectivity index (χ3v) is 4.99. The van der Waals surface area contributed by atoms with Crippen LogP contribution in [0.5, 0.6) is 5.75 Å². The lowest BCUT2D eigenvalue weighted by atomic mass is 9.87. The van der Waals surface area contributed by atoms with Crippen molar-refractivity contribution in [1.29, 1.82) is 0 Å². The molecule has 0 aromatic heterocycles. The summed E-state index contributed by atoms with van der Waals surface area (Å²) < 4.78 is 19.1. The number of ether oxygens (including phenoxy) is 1. The lowest BCUT2D eigenvalue weighted by Gasteiger charge is -2.23. The molecule has 1 heterocycles. The summed E-state index contributed by atoms with van der Waals surface area (Å²) >= 11 is 6.15. The Balaban J connectivity index is 1.62. The van der Waals surface area contributed by atoms with Gasteiger partial charge in [-0.15, -0.1) is 11.6 Å². The van der Waals surface area contributed by atoms with Crippen LogP contribution in [0.1, 0.15) is 37.7 Å². The standard InChI is InChI=1S/C16H20ClFO/c17-10-13(11-3-1-2-4-11)9-15-8-12-7-14(18)5-6-16(12)19-15/h5-7,11,13,15H,1-4,8-10H2. The fraction of sp³-hybridized carbons (Fsp3) is 0.625. The first-order valence-corrected chi connectivity index (χ1v) is 7.81. The van der Waals surface area contributed by atoms with Gasteiger partial charge >= 0.3 is 0 Å². The second-order valence-corrected chi connectivity index (χ2v) is 6.20. The fourth-order valence-corrected chi connectivity index (χ4v) is 3.95. The van der Waals surface area contributed by atoms with Gasteiger partial charge in [-0.2, -0.15) is 0 Å². The Labute approximate surface area is 119 Å². The highest BCUT2D eigenvalue weighted by atomic mass is 35.5. The van der Waals surface area contributed by atoms with Crippen LogP contribution in [0.25, 0.3) is 0 Å². The molecule has 2 unspecified atom stereocenters. The number of hydrogen-bond donors (Lipinski definition) is 0. The molecular weight excluding hydrogens is 263 g/mol. The second kappa shape index (κ2) is 5.70. The highest BCUT2D eigenvalue weighted by Crippen LogP contribution is 2.38. The Morgan fingerprint density at radius 2 is 2.11 bits per heavy atom. The molecule has 1 aromatic rings. The van der Waals surface area contributed by atoms with Crippen LogP contribution < -0.4 is 4.74 Å². The van der Waals surface area contributed by atoms with Gasteiger partial charge in [-0.05, 0) is 36.5 Å². The SMILES string of the molecule is Fc1ccc2c(c1)CC(CC(CCl)C1CCCC1)O2. The highest BCUT2D eigenvalue weighted by Gasteiger charge is 2.30. The van der Waals surface area contributed by atoms with E-state index >= 15 is 0 Å². The van der Waals surface area contributed by atoms with Crippen molar-refractivity contribution in [2.45, 2.75) is 44.6 Å². The van der Waals surface area contributed by atoms with Crippen LogP contribution in [0.15, 0.2) is 18.2 Å². The van der Waals surface area contributed by atoms with Crippen molar-refractivity contribution in [2.24, 2.45) is 11.8 Å². The molecule has 104 valence electrons. The molecule has 0 spiro atoms. The lowest BCUT2D eigenvalue weighted by molar-refractivity contribution is 0.176. The summed E-state index contributed by atoms with van der Waals surface area (Å²) in [5.41, 5.74) is 1.00. The molecule has 0 amide bonds. The van der Waals surface area contributed by atoms with E-state index in [-0.39, 0.29) is 11.9 Å². The van der Waals surface area contributed by atoms with Crippen LogP contribution in [0, 0.1) is 17.7 Å². The fourth-order valence-electron chi connectivity index (χ4n) is 3.57. The maximum atomic E-state index is 13.2. The minimum Gasteiger partial charge on any atom is -0.490 e. The number of hydrogen-bond acceptors (Lipinski definition) is 1. The molecular formula is C16H20ClFO. The quantitative estimate of drug-likeness (QED) is 0.736. The zero-order valence-corrected chi connectivity index (χ0v) is 11.8. The smallest absolute Gasteiger partial charge is 0.123 e. The average Bonchev–Trinajstić information content (AvgIpc) is 3.04. The maximum Gasteiger partial charge on any atom is 0.123 e. The Bertz CT molecular complexity index is 442. The Hall–Kier alpha value is -0.760. The molecule has 0 N–H and O–H groups in total. The van der Waals surface area contributed by atoms with Gasteiger partial charge in [0.25, 0.3) is 0 Å². The van der Waals surface area contributed by atoms with Gasteiger partial charge in [0.05, 0.1) is 0 Å². The van der Waals surface area contributed by atoms with Gasteiger partial charge in [-0.1, -0.05) is 25.7 Å². The van der Waals surface area contributed by atoms with Crippen LogP contribution in [0.2, 0.25) is 0 Å². The average molecular weight is 283 g/mol. The molecule has 1 aromatic carbocycles. The van der Waals surface area contributed by atoms with Crippen molar-refractivity contribution >= 4 is 11.6 Å². The van der Waals surface area contributed by atoms with Crippen molar-refractivity contribution < 1.29 is 9.13 Å². The number of fused-ring (bicyclic) bond motifs is 1. The van der Waals surface area contributed by atoms with Gasteiger partial charge in [0.2, 0.25) is 0 Å². The normalized spacial score (nSPS) is 24.2. The van der Waals surface area contributed by atoms with E-state index < -0.39 is 0 Å². The first-order valence-electron chi connectivity index (χ1n) is 7.27. The van der Waals surface area contributed by atoms with Crippen molar-refractivity contribution in [3.8, 4) is 5.75 Å². The summed E-state index contributed by atoms with van der Waals surface area (Å²) in [6.07, 6.45) is 7.32. The zero-order chi connectivity index (χ0) is 13.2. The van der Waals surface area contributed by atoms with E-state index in [2.05, 4.69) is 0 Å². The molecule has 1 saturated carbocycles. The number of benzene rings is 1. The van der Waals surface area contributed by atoms with E-state index in [0.29, 0.717) is 5.92 Å². The molecule has 0 radical (unpaired) electrons.